The van der Waals surface area contributed by atoms with E-state index in [4.69, 9.17) is 0 Å². The van der Waals surface area contributed by atoms with E-state index in [9.17, 15) is 4.79 Å². The summed E-state index contributed by atoms with van der Waals surface area (Å²) in [4.78, 5) is 19.7. The first-order valence-electron chi connectivity index (χ1n) is 11.0. The molecule has 1 heterocycles. The van der Waals surface area contributed by atoms with Gasteiger partial charge in [0, 0.05) is 38.4 Å². The average Bonchev–Trinajstić information content (AvgIpc) is 2.74. The number of benzene rings is 2. The maximum atomic E-state index is 13.1. The summed E-state index contributed by atoms with van der Waals surface area (Å²) in [5.41, 5.74) is 6.25. The number of anilines is 1. The fraction of sp³-hybridized carbons (Fsp3) is 0.480. The lowest BCUT2D eigenvalue weighted by atomic mass is 9.98. The van der Waals surface area contributed by atoms with Crippen LogP contribution in [-0.4, -0.2) is 67.4 Å². The minimum atomic E-state index is 0.138. The summed E-state index contributed by atoms with van der Waals surface area (Å²) >= 11 is 0. The summed E-state index contributed by atoms with van der Waals surface area (Å²) in [6.45, 7) is 9.96. The molecule has 2 aromatic carbocycles. The Morgan fingerprint density at radius 2 is 1.93 bits per heavy atom. The summed E-state index contributed by atoms with van der Waals surface area (Å²) in [5, 5.41) is 3.45. The number of hydrogen-bond acceptors (Lipinski definition) is 4. The number of amides is 1. The third-order valence-electron chi connectivity index (χ3n) is 5.86. The Morgan fingerprint density at radius 1 is 1.13 bits per heavy atom. The van der Waals surface area contributed by atoms with E-state index in [0.29, 0.717) is 13.1 Å². The van der Waals surface area contributed by atoms with Crippen LogP contribution in [0.25, 0.3) is 0 Å². The van der Waals surface area contributed by atoms with Gasteiger partial charge in [-0.1, -0.05) is 48.9 Å². The van der Waals surface area contributed by atoms with E-state index in [1.54, 1.807) is 0 Å². The van der Waals surface area contributed by atoms with Crippen molar-refractivity contribution < 1.29 is 4.79 Å². The molecule has 0 radical (unpaired) electrons. The van der Waals surface area contributed by atoms with Crippen LogP contribution >= 0.6 is 0 Å². The Kier molecular flexibility index (Phi) is 7.88. The molecule has 0 aromatic heterocycles. The van der Waals surface area contributed by atoms with Crippen LogP contribution in [0.1, 0.15) is 29.2 Å². The molecule has 0 atom stereocenters. The lowest BCUT2D eigenvalue weighted by molar-refractivity contribution is -0.130. The topological polar surface area (TPSA) is 38.8 Å². The molecule has 0 aliphatic carbocycles. The van der Waals surface area contributed by atoms with Crippen LogP contribution in [0.2, 0.25) is 0 Å². The molecule has 1 aliphatic rings. The zero-order chi connectivity index (χ0) is 21.5. The summed E-state index contributed by atoms with van der Waals surface area (Å²) in [5.74, 6) is 0.138. The number of nitrogens with zero attached hydrogens (tertiary/aromatic N) is 3. The molecule has 5 nitrogen and oxygen atoms in total. The Hall–Kier alpha value is -2.37. The second-order valence-electron chi connectivity index (χ2n) is 8.52. The molecule has 3 rings (SSSR count). The van der Waals surface area contributed by atoms with Crippen molar-refractivity contribution in [1.29, 1.82) is 0 Å². The summed E-state index contributed by atoms with van der Waals surface area (Å²) in [7, 11) is 4.09. The van der Waals surface area contributed by atoms with Crippen molar-refractivity contribution in [3.05, 3.63) is 64.7 Å². The monoisotopic (exact) mass is 408 g/mol. The summed E-state index contributed by atoms with van der Waals surface area (Å²) in [6, 6.07) is 14.8. The fourth-order valence-electron chi connectivity index (χ4n) is 4.00. The fourth-order valence-corrected chi connectivity index (χ4v) is 4.00. The minimum absolute atomic E-state index is 0.138. The van der Waals surface area contributed by atoms with Gasteiger partial charge in [-0.3, -0.25) is 9.69 Å². The molecular weight excluding hydrogens is 372 g/mol. The standard InChI is InChI=1S/C25H36N4O/c1-5-28-13-12-22-10-7-11-24(23(22)19-28)26-17-25(30)29(15-14-27(3)4)18-21-9-6-8-20(2)16-21/h6-11,16,26H,5,12-15,17-19H2,1-4H3. The first kappa shape index (κ1) is 22.3. The van der Waals surface area contributed by atoms with E-state index >= 15 is 0 Å². The molecule has 0 saturated carbocycles. The summed E-state index contributed by atoms with van der Waals surface area (Å²) < 4.78 is 0. The second kappa shape index (κ2) is 10.6. The van der Waals surface area contributed by atoms with Gasteiger partial charge in [0.1, 0.15) is 0 Å². The smallest absolute Gasteiger partial charge is 0.242 e. The van der Waals surface area contributed by atoms with Crippen molar-refractivity contribution in [1.82, 2.24) is 14.7 Å². The van der Waals surface area contributed by atoms with Gasteiger partial charge in [0.15, 0.2) is 0 Å². The maximum absolute atomic E-state index is 13.1. The Bertz CT molecular complexity index is 849. The number of likely N-dealkylation sites (N-methyl/N-ethyl adjacent to an activating group) is 2. The van der Waals surface area contributed by atoms with Crippen molar-refractivity contribution in [2.75, 3.05) is 52.1 Å². The highest BCUT2D eigenvalue weighted by Crippen LogP contribution is 2.26. The molecule has 2 aromatic rings. The van der Waals surface area contributed by atoms with Crippen molar-refractivity contribution >= 4 is 11.6 Å². The molecule has 0 saturated heterocycles. The van der Waals surface area contributed by atoms with Crippen LogP contribution in [0, 0.1) is 6.92 Å². The lowest BCUT2D eigenvalue weighted by Gasteiger charge is -2.30. The minimum Gasteiger partial charge on any atom is -0.376 e. The number of rotatable bonds is 9. The van der Waals surface area contributed by atoms with E-state index < -0.39 is 0 Å². The van der Waals surface area contributed by atoms with E-state index in [1.165, 1.54) is 22.3 Å². The average molecular weight is 409 g/mol. The van der Waals surface area contributed by atoms with Crippen molar-refractivity contribution in [3.63, 3.8) is 0 Å². The Morgan fingerprint density at radius 3 is 2.67 bits per heavy atom. The molecule has 5 heteroatoms. The predicted octanol–water partition coefficient (Wildman–Crippen LogP) is 3.38. The third kappa shape index (κ3) is 6.07. The second-order valence-corrected chi connectivity index (χ2v) is 8.52. The number of fused-ring (bicyclic) bond motifs is 1. The van der Waals surface area contributed by atoms with Crippen LogP contribution in [0.15, 0.2) is 42.5 Å². The van der Waals surface area contributed by atoms with Crippen molar-refractivity contribution in [2.45, 2.75) is 33.4 Å². The number of carbonyl (C=O) groups excluding carboxylic acids is 1. The molecule has 0 fully saturated rings. The maximum Gasteiger partial charge on any atom is 0.242 e. The first-order valence-corrected chi connectivity index (χ1v) is 11.0. The Balaban J connectivity index is 1.68. The quantitative estimate of drug-likeness (QED) is 0.690. The molecule has 0 bridgehead atoms. The molecule has 0 unspecified atom stereocenters. The first-order chi connectivity index (χ1) is 14.5. The van der Waals surface area contributed by atoms with E-state index in [-0.39, 0.29) is 5.91 Å². The van der Waals surface area contributed by atoms with Crippen molar-refractivity contribution in [2.24, 2.45) is 0 Å². The van der Waals surface area contributed by atoms with Crippen LogP contribution in [0.4, 0.5) is 5.69 Å². The van der Waals surface area contributed by atoms with Gasteiger partial charge in [-0.25, -0.2) is 0 Å². The number of nitrogens with one attached hydrogen (secondary N) is 1. The SMILES string of the molecule is CCN1CCc2cccc(NCC(=O)N(CCN(C)C)Cc3cccc(C)c3)c2C1. The molecule has 30 heavy (non-hydrogen) atoms. The molecule has 162 valence electrons. The number of carbonyl (C=O) groups is 1. The van der Waals surface area contributed by atoms with Gasteiger partial charge in [0.25, 0.3) is 0 Å². The zero-order valence-corrected chi connectivity index (χ0v) is 18.9. The van der Waals surface area contributed by atoms with E-state index in [0.717, 1.165) is 44.8 Å². The van der Waals surface area contributed by atoms with Gasteiger partial charge in [-0.2, -0.15) is 0 Å². The largest absolute Gasteiger partial charge is 0.376 e. The van der Waals surface area contributed by atoms with Crippen LogP contribution in [-0.2, 0) is 24.3 Å². The van der Waals surface area contributed by atoms with Gasteiger partial charge in [0.2, 0.25) is 5.91 Å². The molecule has 1 aliphatic heterocycles. The molecule has 1 N–H and O–H groups in total. The summed E-state index contributed by atoms with van der Waals surface area (Å²) in [6.07, 6.45) is 1.08. The van der Waals surface area contributed by atoms with Crippen LogP contribution < -0.4 is 5.32 Å². The van der Waals surface area contributed by atoms with Crippen molar-refractivity contribution in [3.8, 4) is 0 Å². The highest BCUT2D eigenvalue weighted by atomic mass is 16.2. The van der Waals surface area contributed by atoms with Crippen LogP contribution in [0.5, 0.6) is 0 Å². The predicted molar refractivity (Wildman–Crippen MR) is 125 cm³/mol. The highest BCUT2D eigenvalue weighted by molar-refractivity contribution is 5.81. The highest BCUT2D eigenvalue weighted by Gasteiger charge is 2.19. The van der Waals surface area contributed by atoms with E-state index in [2.05, 4.69) is 71.4 Å². The third-order valence-corrected chi connectivity index (χ3v) is 5.86. The molecular formula is C25H36N4O. The van der Waals surface area contributed by atoms with E-state index in [1.807, 2.05) is 19.0 Å². The van der Waals surface area contributed by atoms with Gasteiger partial charge < -0.3 is 15.1 Å². The van der Waals surface area contributed by atoms with Gasteiger partial charge in [-0.15, -0.1) is 0 Å². The number of aryl methyl sites for hydroxylation is 1. The van der Waals surface area contributed by atoms with Gasteiger partial charge in [-0.05, 0) is 56.7 Å². The normalized spacial score (nSPS) is 13.9. The lowest BCUT2D eigenvalue weighted by Crippen LogP contribution is -2.39. The van der Waals surface area contributed by atoms with Crippen LogP contribution in [0.3, 0.4) is 0 Å². The molecule has 0 spiro atoms. The zero-order valence-electron chi connectivity index (χ0n) is 18.9. The van der Waals surface area contributed by atoms with Gasteiger partial charge >= 0.3 is 0 Å². The molecule has 1 amide bonds. The Labute approximate surface area is 181 Å². The number of hydrogen-bond donors (Lipinski definition) is 1. The van der Waals surface area contributed by atoms with Gasteiger partial charge in [0.05, 0.1) is 6.54 Å².